The Hall–Kier alpha value is -1.70. The molecule has 5 nitrogen and oxygen atoms in total. The molecule has 2 heterocycles. The summed E-state index contributed by atoms with van der Waals surface area (Å²) < 4.78 is 8.94. The molecule has 0 aliphatic carbocycles. The van der Waals surface area contributed by atoms with Gasteiger partial charge in [-0.25, -0.2) is 9.97 Å². The van der Waals surface area contributed by atoms with Crippen molar-refractivity contribution >= 4 is 40.9 Å². The molecular formula is C20H27BrN4OSi. The Morgan fingerprint density at radius 2 is 1.89 bits per heavy atom. The largest absolute Gasteiger partial charge is 0.365 e. The molecule has 7 heteroatoms. The first-order valence-corrected chi connectivity index (χ1v) is 13.7. The average Bonchev–Trinajstić information content (AvgIpc) is 2.92. The molecule has 0 unspecified atom stereocenters. The molecule has 0 atom stereocenters. The Kier molecular flexibility index (Phi) is 6.34. The number of anilines is 1. The minimum absolute atomic E-state index is 0.501. The standard InChI is InChI=1S/C20H27BrN4OSi/c1-15-23-19(22-12-16-8-6-5-7-9-16)18-17(21)13-25(20(18)24-15)14-26-10-11-27(2,3)4/h5-9,13H,10-12,14H2,1-4H3,(H,22,23,24). The number of aryl methyl sites for hydroxylation is 1. The lowest BCUT2D eigenvalue weighted by Gasteiger charge is -2.15. The number of nitrogens with one attached hydrogen (secondary N) is 1. The van der Waals surface area contributed by atoms with Crippen molar-refractivity contribution in [3.8, 4) is 0 Å². The van der Waals surface area contributed by atoms with E-state index in [9.17, 15) is 0 Å². The number of nitrogens with zero attached hydrogens (tertiary/aromatic N) is 3. The molecule has 0 saturated carbocycles. The summed E-state index contributed by atoms with van der Waals surface area (Å²) in [6.07, 6.45) is 2.03. The third kappa shape index (κ3) is 5.40. The van der Waals surface area contributed by atoms with Gasteiger partial charge in [0.1, 0.15) is 24.0 Å². The summed E-state index contributed by atoms with van der Waals surface area (Å²) in [7, 11) is -1.08. The highest BCUT2D eigenvalue weighted by Gasteiger charge is 2.16. The molecule has 0 radical (unpaired) electrons. The predicted molar refractivity (Wildman–Crippen MR) is 118 cm³/mol. The van der Waals surface area contributed by atoms with Gasteiger partial charge in [-0.2, -0.15) is 0 Å². The number of hydrogen-bond acceptors (Lipinski definition) is 4. The van der Waals surface area contributed by atoms with Gasteiger partial charge in [-0.1, -0.05) is 50.0 Å². The Morgan fingerprint density at radius 3 is 2.59 bits per heavy atom. The molecule has 144 valence electrons. The van der Waals surface area contributed by atoms with Crippen LogP contribution in [0.15, 0.2) is 41.0 Å². The maximum Gasteiger partial charge on any atom is 0.148 e. The first kappa shape index (κ1) is 20.0. The first-order chi connectivity index (χ1) is 12.8. The number of halogens is 1. The van der Waals surface area contributed by atoms with E-state index in [-0.39, 0.29) is 0 Å². The minimum atomic E-state index is -1.08. The van der Waals surface area contributed by atoms with Crippen LogP contribution in [0.5, 0.6) is 0 Å². The van der Waals surface area contributed by atoms with Gasteiger partial charge in [-0.3, -0.25) is 0 Å². The molecule has 0 saturated heterocycles. The van der Waals surface area contributed by atoms with Crippen LogP contribution in [0, 0.1) is 6.92 Å². The van der Waals surface area contributed by atoms with Crippen molar-refractivity contribution in [1.82, 2.24) is 14.5 Å². The maximum atomic E-state index is 5.92. The van der Waals surface area contributed by atoms with Gasteiger partial charge in [0.25, 0.3) is 0 Å². The van der Waals surface area contributed by atoms with Gasteiger partial charge in [0, 0.05) is 31.9 Å². The molecule has 1 aromatic carbocycles. The third-order valence-corrected chi connectivity index (χ3v) is 6.62. The van der Waals surface area contributed by atoms with Gasteiger partial charge in [-0.15, -0.1) is 0 Å². The number of hydrogen-bond donors (Lipinski definition) is 1. The van der Waals surface area contributed by atoms with E-state index in [1.54, 1.807) is 0 Å². The Morgan fingerprint density at radius 1 is 1.15 bits per heavy atom. The van der Waals surface area contributed by atoms with Crippen molar-refractivity contribution in [2.24, 2.45) is 0 Å². The number of aromatic nitrogens is 3. The summed E-state index contributed by atoms with van der Waals surface area (Å²) in [5, 5.41) is 4.45. The van der Waals surface area contributed by atoms with Crippen LogP contribution in [0.25, 0.3) is 11.0 Å². The number of fused-ring (bicyclic) bond motifs is 1. The van der Waals surface area contributed by atoms with E-state index in [0.717, 1.165) is 46.3 Å². The summed E-state index contributed by atoms with van der Waals surface area (Å²) in [6.45, 7) is 11.0. The van der Waals surface area contributed by atoms with Gasteiger partial charge >= 0.3 is 0 Å². The lowest BCUT2D eigenvalue weighted by Crippen LogP contribution is -2.22. The van der Waals surface area contributed by atoms with E-state index in [4.69, 9.17) is 4.74 Å². The zero-order valence-electron chi connectivity index (χ0n) is 16.4. The molecule has 0 aliphatic heterocycles. The van der Waals surface area contributed by atoms with Crippen LogP contribution in [0.2, 0.25) is 25.7 Å². The highest BCUT2D eigenvalue weighted by Crippen LogP contribution is 2.31. The molecule has 0 amide bonds. The van der Waals surface area contributed by atoms with Gasteiger partial charge < -0.3 is 14.6 Å². The van der Waals surface area contributed by atoms with Gasteiger partial charge in [0.05, 0.1) is 5.39 Å². The van der Waals surface area contributed by atoms with Crippen LogP contribution >= 0.6 is 15.9 Å². The molecule has 0 aliphatic rings. The summed E-state index contributed by atoms with van der Waals surface area (Å²) in [5.41, 5.74) is 2.10. The second kappa shape index (κ2) is 8.54. The van der Waals surface area contributed by atoms with Crippen molar-refractivity contribution in [1.29, 1.82) is 0 Å². The van der Waals surface area contributed by atoms with Crippen LogP contribution in [0.1, 0.15) is 11.4 Å². The normalized spacial score (nSPS) is 11.9. The zero-order valence-corrected chi connectivity index (χ0v) is 19.0. The highest BCUT2D eigenvalue weighted by molar-refractivity contribution is 9.10. The van der Waals surface area contributed by atoms with E-state index in [2.05, 4.69) is 63.0 Å². The van der Waals surface area contributed by atoms with Crippen molar-refractivity contribution in [2.45, 2.75) is 45.9 Å². The average molecular weight is 447 g/mol. The number of ether oxygens (including phenoxy) is 1. The maximum absolute atomic E-state index is 5.92. The molecular weight excluding hydrogens is 420 g/mol. The quantitative estimate of drug-likeness (QED) is 0.370. The second-order valence-corrected chi connectivity index (χ2v) is 14.4. The lowest BCUT2D eigenvalue weighted by molar-refractivity contribution is 0.0898. The minimum Gasteiger partial charge on any atom is -0.365 e. The van der Waals surface area contributed by atoms with E-state index in [0.29, 0.717) is 6.73 Å². The zero-order chi connectivity index (χ0) is 19.4. The summed E-state index contributed by atoms with van der Waals surface area (Å²) in [5.74, 6) is 1.58. The first-order valence-electron chi connectivity index (χ1n) is 9.22. The van der Waals surface area contributed by atoms with E-state index in [1.165, 1.54) is 5.56 Å². The molecule has 3 rings (SSSR count). The van der Waals surface area contributed by atoms with E-state index >= 15 is 0 Å². The van der Waals surface area contributed by atoms with Crippen molar-refractivity contribution < 1.29 is 4.74 Å². The fourth-order valence-corrected chi connectivity index (χ4v) is 4.17. The van der Waals surface area contributed by atoms with Crippen LogP contribution in [0.4, 0.5) is 5.82 Å². The number of rotatable bonds is 8. The van der Waals surface area contributed by atoms with Gasteiger partial charge in [0.2, 0.25) is 0 Å². The SMILES string of the molecule is Cc1nc(NCc2ccccc2)c2c(Br)cn(COCC[Si](C)(C)C)c2n1. The highest BCUT2D eigenvalue weighted by atomic mass is 79.9. The summed E-state index contributed by atoms with van der Waals surface area (Å²) >= 11 is 3.67. The number of benzene rings is 1. The third-order valence-electron chi connectivity index (χ3n) is 4.31. The fraction of sp³-hybridized carbons (Fsp3) is 0.400. The molecule has 0 fully saturated rings. The Labute approximate surface area is 170 Å². The van der Waals surface area contributed by atoms with E-state index in [1.807, 2.05) is 35.9 Å². The Balaban J connectivity index is 1.78. The molecule has 2 aromatic heterocycles. The van der Waals surface area contributed by atoms with Crippen molar-refractivity contribution in [3.63, 3.8) is 0 Å². The van der Waals surface area contributed by atoms with Gasteiger partial charge in [-0.05, 0) is 34.5 Å². The molecule has 1 N–H and O–H groups in total. The van der Waals surface area contributed by atoms with Crippen molar-refractivity contribution in [2.75, 3.05) is 11.9 Å². The lowest BCUT2D eigenvalue weighted by atomic mass is 10.2. The van der Waals surface area contributed by atoms with Crippen LogP contribution in [-0.2, 0) is 18.0 Å². The van der Waals surface area contributed by atoms with Crippen LogP contribution in [-0.4, -0.2) is 29.2 Å². The Bertz CT molecular complexity index is 906. The fourth-order valence-electron chi connectivity index (χ4n) is 2.80. The van der Waals surface area contributed by atoms with E-state index < -0.39 is 8.07 Å². The summed E-state index contributed by atoms with van der Waals surface area (Å²) in [4.78, 5) is 9.27. The smallest absolute Gasteiger partial charge is 0.148 e. The molecule has 0 spiro atoms. The van der Waals surface area contributed by atoms with Crippen LogP contribution in [0.3, 0.4) is 0 Å². The van der Waals surface area contributed by atoms with Crippen LogP contribution < -0.4 is 5.32 Å². The molecule has 27 heavy (non-hydrogen) atoms. The van der Waals surface area contributed by atoms with Gasteiger partial charge in [0.15, 0.2) is 0 Å². The molecule has 0 bridgehead atoms. The molecule has 3 aromatic rings. The second-order valence-electron chi connectivity index (χ2n) is 7.95. The summed E-state index contributed by atoms with van der Waals surface area (Å²) in [6, 6.07) is 11.5. The monoisotopic (exact) mass is 446 g/mol. The topological polar surface area (TPSA) is 52.0 Å². The van der Waals surface area contributed by atoms with Crippen molar-refractivity contribution in [3.05, 3.63) is 52.4 Å². The predicted octanol–water partition coefficient (Wildman–Crippen LogP) is 5.43.